The number of imidazole rings is 1. The van der Waals surface area contributed by atoms with E-state index in [0.29, 0.717) is 11.1 Å². The second kappa shape index (κ2) is 4.02. The maximum Gasteiger partial charge on any atom is 0.261 e. The summed E-state index contributed by atoms with van der Waals surface area (Å²) in [5.74, 6) is 0. The van der Waals surface area contributed by atoms with Gasteiger partial charge in [-0.1, -0.05) is 17.3 Å². The molecule has 0 atom stereocenters. The number of fused-ring (bicyclic) bond motifs is 3. The summed E-state index contributed by atoms with van der Waals surface area (Å²) in [4.78, 5) is 17.0. The summed E-state index contributed by atoms with van der Waals surface area (Å²) in [5.41, 5.74) is 2.97. The summed E-state index contributed by atoms with van der Waals surface area (Å²) in [6, 6.07) is 7.50. The Morgan fingerprint density at radius 1 is 1.14 bits per heavy atom. The lowest BCUT2D eigenvalue weighted by molar-refractivity contribution is 0.719. The van der Waals surface area contributed by atoms with Crippen LogP contribution >= 0.6 is 0 Å². The Labute approximate surface area is 119 Å². The number of aromatic nitrogens is 6. The number of aryl methyl sites for hydroxylation is 2. The molecule has 7 nitrogen and oxygen atoms in total. The fourth-order valence-corrected chi connectivity index (χ4v) is 2.66. The third-order valence-corrected chi connectivity index (χ3v) is 3.72. The summed E-state index contributed by atoms with van der Waals surface area (Å²) >= 11 is 0. The van der Waals surface area contributed by atoms with Crippen molar-refractivity contribution < 1.29 is 0 Å². The van der Waals surface area contributed by atoms with E-state index in [1.165, 1.54) is 0 Å². The van der Waals surface area contributed by atoms with Gasteiger partial charge in [0.25, 0.3) is 5.56 Å². The predicted molar refractivity (Wildman–Crippen MR) is 77.9 cm³/mol. The molecule has 1 aromatic carbocycles. The van der Waals surface area contributed by atoms with Gasteiger partial charge in [-0.25, -0.2) is 9.67 Å². The molecule has 7 heteroatoms. The smallest absolute Gasteiger partial charge is 0.261 e. The van der Waals surface area contributed by atoms with Gasteiger partial charge >= 0.3 is 0 Å². The highest BCUT2D eigenvalue weighted by Gasteiger charge is 2.17. The Kier molecular flexibility index (Phi) is 2.26. The first-order valence-electron chi connectivity index (χ1n) is 6.48. The van der Waals surface area contributed by atoms with Crippen LogP contribution in [0.2, 0.25) is 0 Å². The standard InChI is InChI=1S/C14H12N6O/c1-18-13-12(11-7-16-17-19(11)2)15-8-20(13)10-6-4-3-5-9(10)14(18)21/h3-8H,1-2H3. The van der Waals surface area contributed by atoms with E-state index in [0.717, 1.165) is 16.9 Å². The van der Waals surface area contributed by atoms with Gasteiger partial charge in [-0.2, -0.15) is 0 Å². The van der Waals surface area contributed by atoms with E-state index in [-0.39, 0.29) is 5.56 Å². The molecule has 0 spiro atoms. The third kappa shape index (κ3) is 1.48. The summed E-state index contributed by atoms with van der Waals surface area (Å²) in [6.07, 6.45) is 3.36. The van der Waals surface area contributed by atoms with Gasteiger partial charge < -0.3 is 0 Å². The lowest BCUT2D eigenvalue weighted by atomic mass is 10.2. The topological polar surface area (TPSA) is 70.0 Å². The molecule has 0 saturated carbocycles. The zero-order valence-electron chi connectivity index (χ0n) is 11.6. The second-order valence-corrected chi connectivity index (χ2v) is 4.91. The molecule has 0 aliphatic heterocycles. The van der Waals surface area contributed by atoms with Crippen molar-refractivity contribution in [2.45, 2.75) is 0 Å². The predicted octanol–water partition coefficient (Wildman–Crippen LogP) is 0.982. The third-order valence-electron chi connectivity index (χ3n) is 3.72. The molecule has 0 N–H and O–H groups in total. The normalized spacial score (nSPS) is 11.5. The van der Waals surface area contributed by atoms with Crippen molar-refractivity contribution in [1.82, 2.24) is 28.9 Å². The molecule has 104 valence electrons. The molecule has 4 rings (SSSR count). The molecule has 3 aromatic heterocycles. The number of nitrogens with zero attached hydrogens (tertiary/aromatic N) is 6. The largest absolute Gasteiger partial charge is 0.295 e. The highest BCUT2D eigenvalue weighted by molar-refractivity contribution is 5.84. The zero-order valence-corrected chi connectivity index (χ0v) is 11.6. The van der Waals surface area contributed by atoms with Crippen LogP contribution in [-0.2, 0) is 14.1 Å². The Morgan fingerprint density at radius 3 is 2.71 bits per heavy atom. The van der Waals surface area contributed by atoms with Crippen molar-refractivity contribution in [1.29, 1.82) is 0 Å². The van der Waals surface area contributed by atoms with Crippen LogP contribution in [0.1, 0.15) is 0 Å². The molecule has 0 saturated heterocycles. The lowest BCUT2D eigenvalue weighted by Gasteiger charge is -2.08. The number of rotatable bonds is 1. The van der Waals surface area contributed by atoms with Crippen LogP contribution in [0.5, 0.6) is 0 Å². The fourth-order valence-electron chi connectivity index (χ4n) is 2.66. The van der Waals surface area contributed by atoms with Crippen LogP contribution in [0.25, 0.3) is 27.9 Å². The average molecular weight is 280 g/mol. The van der Waals surface area contributed by atoms with E-state index in [9.17, 15) is 4.79 Å². The van der Waals surface area contributed by atoms with E-state index in [2.05, 4.69) is 15.3 Å². The number of hydrogen-bond donors (Lipinski definition) is 0. The monoisotopic (exact) mass is 280 g/mol. The average Bonchev–Trinajstić information content (AvgIpc) is 3.10. The molecule has 21 heavy (non-hydrogen) atoms. The van der Waals surface area contributed by atoms with Crippen molar-refractivity contribution in [3.63, 3.8) is 0 Å². The second-order valence-electron chi connectivity index (χ2n) is 4.91. The molecule has 4 aromatic rings. The Hall–Kier alpha value is -2.96. The first kappa shape index (κ1) is 11.8. The van der Waals surface area contributed by atoms with Gasteiger partial charge in [-0.15, -0.1) is 5.10 Å². The van der Waals surface area contributed by atoms with Gasteiger partial charge in [0.05, 0.1) is 17.1 Å². The van der Waals surface area contributed by atoms with Crippen molar-refractivity contribution in [3.8, 4) is 11.4 Å². The quantitative estimate of drug-likeness (QED) is 0.521. The Balaban J connectivity index is 2.23. The van der Waals surface area contributed by atoms with Gasteiger partial charge in [0.2, 0.25) is 0 Å². The van der Waals surface area contributed by atoms with Gasteiger partial charge in [-0.3, -0.25) is 13.8 Å². The van der Waals surface area contributed by atoms with Crippen LogP contribution < -0.4 is 5.56 Å². The number of benzene rings is 1. The van der Waals surface area contributed by atoms with Crippen molar-refractivity contribution in [2.75, 3.05) is 0 Å². The molecule has 0 unspecified atom stereocenters. The SMILES string of the molecule is Cn1nncc1-c1ncn2c3ccccc3c(=O)n(C)c12. The molecular weight excluding hydrogens is 268 g/mol. The number of para-hydroxylation sites is 1. The van der Waals surface area contributed by atoms with Crippen molar-refractivity contribution in [3.05, 3.63) is 47.1 Å². The minimum atomic E-state index is -0.0463. The summed E-state index contributed by atoms with van der Waals surface area (Å²) in [5, 5.41) is 8.47. The summed E-state index contributed by atoms with van der Waals surface area (Å²) in [7, 11) is 3.55. The highest BCUT2D eigenvalue weighted by Crippen LogP contribution is 2.23. The molecule has 0 aliphatic rings. The van der Waals surface area contributed by atoms with Crippen LogP contribution in [-0.4, -0.2) is 28.9 Å². The zero-order chi connectivity index (χ0) is 14.6. The maximum absolute atomic E-state index is 12.5. The first-order valence-corrected chi connectivity index (χ1v) is 6.48. The van der Waals surface area contributed by atoms with E-state index >= 15 is 0 Å². The molecule has 0 fully saturated rings. The van der Waals surface area contributed by atoms with Crippen molar-refractivity contribution in [2.24, 2.45) is 14.1 Å². The minimum absolute atomic E-state index is 0.0463. The summed E-state index contributed by atoms with van der Waals surface area (Å²) in [6.45, 7) is 0. The van der Waals surface area contributed by atoms with Gasteiger partial charge in [-0.05, 0) is 12.1 Å². The number of hydrogen-bond acceptors (Lipinski definition) is 4. The minimum Gasteiger partial charge on any atom is -0.295 e. The molecule has 3 heterocycles. The van der Waals surface area contributed by atoms with E-state index in [1.54, 1.807) is 35.9 Å². The van der Waals surface area contributed by atoms with E-state index in [1.807, 2.05) is 28.7 Å². The van der Waals surface area contributed by atoms with Gasteiger partial charge in [0.1, 0.15) is 23.4 Å². The van der Waals surface area contributed by atoms with Crippen LogP contribution in [0.15, 0.2) is 41.6 Å². The Morgan fingerprint density at radius 2 is 1.95 bits per heavy atom. The van der Waals surface area contributed by atoms with Gasteiger partial charge in [0.15, 0.2) is 0 Å². The molecule has 0 radical (unpaired) electrons. The van der Waals surface area contributed by atoms with Gasteiger partial charge in [0, 0.05) is 14.1 Å². The van der Waals surface area contributed by atoms with Crippen molar-refractivity contribution >= 4 is 16.6 Å². The van der Waals surface area contributed by atoms with Crippen LogP contribution in [0.4, 0.5) is 0 Å². The van der Waals surface area contributed by atoms with Crippen LogP contribution in [0, 0.1) is 0 Å². The lowest BCUT2D eigenvalue weighted by Crippen LogP contribution is -2.19. The maximum atomic E-state index is 12.5. The fraction of sp³-hybridized carbons (Fsp3) is 0.143. The molecular formula is C14H12N6O. The first-order chi connectivity index (χ1) is 10.2. The van der Waals surface area contributed by atoms with E-state index in [4.69, 9.17) is 0 Å². The van der Waals surface area contributed by atoms with Crippen LogP contribution in [0.3, 0.4) is 0 Å². The van der Waals surface area contributed by atoms with E-state index < -0.39 is 0 Å². The molecule has 0 amide bonds. The molecule has 0 aliphatic carbocycles. The highest BCUT2D eigenvalue weighted by atomic mass is 16.1. The summed E-state index contributed by atoms with van der Waals surface area (Å²) < 4.78 is 5.17. The molecule has 0 bridgehead atoms. The Bertz CT molecular complexity index is 1040.